The first-order valence-corrected chi connectivity index (χ1v) is 6.44. The minimum Gasteiger partial charge on any atom is -0.486 e. The maximum atomic E-state index is 8.67. The summed E-state index contributed by atoms with van der Waals surface area (Å²) >= 11 is 0. The average Bonchev–Trinajstić information content (AvgIpc) is 2.83. The van der Waals surface area contributed by atoms with Crippen LogP contribution in [-0.2, 0) is 13.2 Å². The van der Waals surface area contributed by atoms with Crippen molar-refractivity contribution in [3.05, 3.63) is 41.5 Å². The minimum atomic E-state index is -0.167. The first kappa shape index (κ1) is 14.1. The first-order valence-electron chi connectivity index (χ1n) is 6.44. The van der Waals surface area contributed by atoms with E-state index in [2.05, 4.69) is 21.9 Å². The fourth-order valence-corrected chi connectivity index (χ4v) is 1.85. The highest BCUT2D eigenvalue weighted by atomic mass is 16.5. The van der Waals surface area contributed by atoms with E-state index in [1.165, 1.54) is 0 Å². The number of ether oxygens (including phenoxy) is 1. The lowest BCUT2D eigenvalue weighted by Gasteiger charge is -2.07. The van der Waals surface area contributed by atoms with Crippen molar-refractivity contribution in [1.29, 1.82) is 0 Å². The van der Waals surface area contributed by atoms with Gasteiger partial charge in [0.1, 0.15) is 19.0 Å². The van der Waals surface area contributed by atoms with Crippen molar-refractivity contribution in [2.75, 3.05) is 6.61 Å². The number of rotatable bonds is 4. The zero-order chi connectivity index (χ0) is 14.4. The van der Waals surface area contributed by atoms with Crippen LogP contribution in [0.2, 0.25) is 0 Å². The number of aryl methyl sites for hydroxylation is 2. The Morgan fingerprint density at radius 1 is 1.35 bits per heavy atom. The first-order chi connectivity index (χ1) is 9.72. The van der Waals surface area contributed by atoms with E-state index < -0.39 is 0 Å². The van der Waals surface area contributed by atoms with Gasteiger partial charge in [-0.25, -0.2) is 0 Å². The Labute approximate surface area is 118 Å². The van der Waals surface area contributed by atoms with Crippen LogP contribution >= 0.6 is 0 Å². The molecule has 2 aromatic rings. The Morgan fingerprint density at radius 2 is 2.20 bits per heavy atom. The summed E-state index contributed by atoms with van der Waals surface area (Å²) in [5, 5.41) is 13.0. The lowest BCUT2D eigenvalue weighted by molar-refractivity contribution is 0.291. The summed E-state index contributed by atoms with van der Waals surface area (Å²) in [7, 11) is 0. The Morgan fingerprint density at radius 3 is 2.95 bits per heavy atom. The summed E-state index contributed by atoms with van der Waals surface area (Å²) in [6.45, 7) is 5.09. The summed E-state index contributed by atoms with van der Waals surface area (Å²) in [6, 6.07) is 3.81. The molecule has 20 heavy (non-hydrogen) atoms. The van der Waals surface area contributed by atoms with Crippen LogP contribution in [0.25, 0.3) is 0 Å². The minimum absolute atomic E-state index is 0.167. The van der Waals surface area contributed by atoms with Crippen molar-refractivity contribution in [2.24, 2.45) is 0 Å². The second-order valence-electron chi connectivity index (χ2n) is 4.25. The molecule has 0 aliphatic heterocycles. The van der Waals surface area contributed by atoms with Crippen LogP contribution in [0.15, 0.2) is 24.5 Å². The molecule has 0 fully saturated rings. The fraction of sp³-hybridized carbons (Fsp3) is 0.333. The van der Waals surface area contributed by atoms with Gasteiger partial charge in [0.25, 0.3) is 0 Å². The van der Waals surface area contributed by atoms with E-state index in [9.17, 15) is 0 Å². The molecule has 0 bridgehead atoms. The molecular weight excluding hydrogens is 254 g/mol. The van der Waals surface area contributed by atoms with Crippen LogP contribution in [0.4, 0.5) is 0 Å². The van der Waals surface area contributed by atoms with Gasteiger partial charge in [-0.15, -0.1) is 0 Å². The van der Waals surface area contributed by atoms with Gasteiger partial charge in [-0.3, -0.25) is 9.67 Å². The molecule has 0 spiro atoms. The monoisotopic (exact) mass is 271 g/mol. The number of hydrogen-bond acceptors (Lipinski definition) is 4. The number of nitrogens with zero attached hydrogens (tertiary/aromatic N) is 3. The summed E-state index contributed by atoms with van der Waals surface area (Å²) in [4.78, 5) is 4.07. The van der Waals surface area contributed by atoms with E-state index in [0.29, 0.717) is 12.4 Å². The second-order valence-corrected chi connectivity index (χ2v) is 4.25. The fourth-order valence-electron chi connectivity index (χ4n) is 1.85. The predicted molar refractivity (Wildman–Crippen MR) is 75.2 cm³/mol. The van der Waals surface area contributed by atoms with Crippen LogP contribution in [0.1, 0.15) is 23.9 Å². The molecule has 0 aliphatic carbocycles. The molecule has 0 unspecified atom stereocenters. The molecule has 2 aromatic heterocycles. The van der Waals surface area contributed by atoms with Gasteiger partial charge in [-0.2, -0.15) is 5.10 Å². The van der Waals surface area contributed by atoms with Gasteiger partial charge in [0.2, 0.25) is 0 Å². The van der Waals surface area contributed by atoms with Crippen molar-refractivity contribution in [2.45, 2.75) is 27.0 Å². The maximum Gasteiger partial charge on any atom is 0.139 e. The normalized spacial score (nSPS) is 9.95. The molecule has 1 N–H and O–H groups in total. The number of aliphatic hydroxyl groups is 1. The van der Waals surface area contributed by atoms with Gasteiger partial charge in [0, 0.05) is 18.3 Å². The molecule has 0 radical (unpaired) electrons. The quantitative estimate of drug-likeness (QED) is 0.857. The van der Waals surface area contributed by atoms with E-state index in [1.807, 2.05) is 24.6 Å². The van der Waals surface area contributed by atoms with Gasteiger partial charge in [-0.1, -0.05) is 11.8 Å². The van der Waals surface area contributed by atoms with Gasteiger partial charge in [0.15, 0.2) is 0 Å². The third-order valence-electron chi connectivity index (χ3n) is 2.70. The zero-order valence-electron chi connectivity index (χ0n) is 11.6. The third-order valence-corrected chi connectivity index (χ3v) is 2.70. The molecule has 0 aliphatic rings. The van der Waals surface area contributed by atoms with Crippen molar-refractivity contribution >= 4 is 0 Å². The lowest BCUT2D eigenvalue weighted by Crippen LogP contribution is -2.06. The molecule has 104 valence electrons. The molecule has 0 saturated heterocycles. The highest BCUT2D eigenvalue weighted by molar-refractivity contribution is 5.36. The Kier molecular flexibility index (Phi) is 4.75. The standard InChI is InChI=1S/C15H17N3O2/c1-3-18-14(7-12(2)17-18)11-20-15-8-13(5-4-6-19)9-16-10-15/h7-10,19H,3,6,11H2,1-2H3. The Hall–Kier alpha value is -2.32. The number of pyridine rings is 1. The number of hydrogen-bond donors (Lipinski definition) is 1. The Bertz CT molecular complexity index is 638. The van der Waals surface area contributed by atoms with Crippen LogP contribution in [-0.4, -0.2) is 26.5 Å². The Balaban J connectivity index is 2.06. The molecule has 0 saturated carbocycles. The highest BCUT2D eigenvalue weighted by Gasteiger charge is 2.05. The smallest absolute Gasteiger partial charge is 0.139 e. The SMILES string of the molecule is CCn1nc(C)cc1COc1cncc(C#CCO)c1. The lowest BCUT2D eigenvalue weighted by atomic mass is 10.3. The van der Waals surface area contributed by atoms with Crippen molar-refractivity contribution in [3.8, 4) is 17.6 Å². The van der Waals surface area contributed by atoms with Gasteiger partial charge in [-0.05, 0) is 26.0 Å². The van der Waals surface area contributed by atoms with Crippen LogP contribution < -0.4 is 4.74 Å². The van der Waals surface area contributed by atoms with E-state index in [4.69, 9.17) is 9.84 Å². The summed E-state index contributed by atoms with van der Waals surface area (Å²) < 4.78 is 7.63. The maximum absolute atomic E-state index is 8.67. The van der Waals surface area contributed by atoms with Crippen LogP contribution in [0.5, 0.6) is 5.75 Å². The molecule has 0 aromatic carbocycles. The van der Waals surface area contributed by atoms with Gasteiger partial charge >= 0.3 is 0 Å². The molecule has 0 atom stereocenters. The van der Waals surface area contributed by atoms with Crippen LogP contribution in [0, 0.1) is 18.8 Å². The van der Waals surface area contributed by atoms with Crippen molar-refractivity contribution in [3.63, 3.8) is 0 Å². The number of aliphatic hydroxyl groups excluding tert-OH is 1. The summed E-state index contributed by atoms with van der Waals surface area (Å²) in [5.74, 6) is 6.03. The largest absolute Gasteiger partial charge is 0.486 e. The van der Waals surface area contributed by atoms with Gasteiger partial charge in [0.05, 0.1) is 17.6 Å². The third kappa shape index (κ3) is 3.59. The second kappa shape index (κ2) is 6.73. The van der Waals surface area contributed by atoms with E-state index >= 15 is 0 Å². The highest BCUT2D eigenvalue weighted by Crippen LogP contribution is 2.13. The van der Waals surface area contributed by atoms with Gasteiger partial charge < -0.3 is 9.84 Å². The van der Waals surface area contributed by atoms with Crippen molar-refractivity contribution in [1.82, 2.24) is 14.8 Å². The van der Waals surface area contributed by atoms with E-state index in [0.717, 1.165) is 23.5 Å². The molecule has 5 nitrogen and oxygen atoms in total. The summed E-state index contributed by atoms with van der Waals surface area (Å²) in [6.07, 6.45) is 3.28. The van der Waals surface area contributed by atoms with Crippen molar-refractivity contribution < 1.29 is 9.84 Å². The molecule has 2 heterocycles. The number of aromatic nitrogens is 3. The molecule has 0 amide bonds. The zero-order valence-corrected chi connectivity index (χ0v) is 11.6. The topological polar surface area (TPSA) is 60.2 Å². The molecule has 2 rings (SSSR count). The summed E-state index contributed by atoms with van der Waals surface area (Å²) in [5.41, 5.74) is 2.72. The van der Waals surface area contributed by atoms with E-state index in [1.54, 1.807) is 18.5 Å². The molecular formula is C15H17N3O2. The predicted octanol–water partition coefficient (Wildman–Crippen LogP) is 1.53. The average molecular weight is 271 g/mol. The van der Waals surface area contributed by atoms with E-state index in [-0.39, 0.29) is 6.61 Å². The van der Waals surface area contributed by atoms with Crippen LogP contribution in [0.3, 0.4) is 0 Å². The molecule has 5 heteroatoms.